The first-order chi connectivity index (χ1) is 9.58. The first-order valence-corrected chi connectivity index (χ1v) is 7.90. The topological polar surface area (TPSA) is 61.4 Å². The van der Waals surface area contributed by atoms with Crippen LogP contribution in [-0.2, 0) is 9.59 Å². The molecule has 2 aliphatic heterocycles. The average molecular weight is 281 g/mol. The number of likely N-dealkylation sites (tertiary alicyclic amines) is 1. The summed E-state index contributed by atoms with van der Waals surface area (Å²) in [7, 11) is 0. The van der Waals surface area contributed by atoms with Gasteiger partial charge in [0.05, 0.1) is 0 Å². The van der Waals surface area contributed by atoms with E-state index in [2.05, 4.69) is 17.6 Å². The average Bonchev–Trinajstić information content (AvgIpc) is 2.47. The van der Waals surface area contributed by atoms with E-state index >= 15 is 0 Å². The van der Waals surface area contributed by atoms with E-state index in [9.17, 15) is 9.59 Å². The molecule has 0 aromatic heterocycles. The van der Waals surface area contributed by atoms with E-state index in [1.807, 2.05) is 4.90 Å². The van der Waals surface area contributed by atoms with Gasteiger partial charge in [0.1, 0.15) is 6.04 Å². The van der Waals surface area contributed by atoms with Crippen molar-refractivity contribution in [3.8, 4) is 0 Å². The Morgan fingerprint density at radius 2 is 1.95 bits per heavy atom. The van der Waals surface area contributed by atoms with Crippen molar-refractivity contribution in [2.75, 3.05) is 19.6 Å². The third-order valence-electron chi connectivity index (χ3n) is 4.39. The van der Waals surface area contributed by atoms with Crippen molar-refractivity contribution in [1.82, 2.24) is 15.5 Å². The Morgan fingerprint density at radius 1 is 1.25 bits per heavy atom. The molecular formula is C15H27N3O2. The first-order valence-electron chi connectivity index (χ1n) is 7.90. The molecule has 2 amide bonds. The zero-order valence-corrected chi connectivity index (χ0v) is 12.7. The summed E-state index contributed by atoms with van der Waals surface area (Å²) in [6.07, 6.45) is 5.09. The molecule has 2 saturated heterocycles. The Balaban J connectivity index is 1.81. The van der Waals surface area contributed by atoms with Gasteiger partial charge in [-0.15, -0.1) is 0 Å². The van der Waals surface area contributed by atoms with Crippen LogP contribution in [0.1, 0.15) is 46.0 Å². The van der Waals surface area contributed by atoms with Crippen molar-refractivity contribution in [2.24, 2.45) is 5.92 Å². The molecule has 2 heterocycles. The van der Waals surface area contributed by atoms with Crippen LogP contribution in [-0.4, -0.2) is 48.4 Å². The van der Waals surface area contributed by atoms with Gasteiger partial charge in [0.15, 0.2) is 0 Å². The van der Waals surface area contributed by atoms with Crippen LogP contribution in [0.2, 0.25) is 0 Å². The van der Waals surface area contributed by atoms with E-state index in [0.717, 1.165) is 45.3 Å². The number of hydrogen-bond acceptors (Lipinski definition) is 3. The van der Waals surface area contributed by atoms with Crippen molar-refractivity contribution in [3.05, 3.63) is 0 Å². The second kappa shape index (κ2) is 7.07. The summed E-state index contributed by atoms with van der Waals surface area (Å²) in [5, 5.41) is 6.25. The minimum absolute atomic E-state index is 0.0382. The van der Waals surface area contributed by atoms with Crippen LogP contribution in [0.15, 0.2) is 0 Å². The number of nitrogens with one attached hydrogen (secondary N) is 2. The van der Waals surface area contributed by atoms with Crippen LogP contribution < -0.4 is 10.6 Å². The Bertz CT molecular complexity index is 353. The molecule has 0 bridgehead atoms. The first kappa shape index (κ1) is 15.3. The predicted octanol–water partition coefficient (Wildman–Crippen LogP) is 0.892. The van der Waals surface area contributed by atoms with E-state index < -0.39 is 6.04 Å². The van der Waals surface area contributed by atoms with Gasteiger partial charge in [-0.2, -0.15) is 0 Å². The molecule has 20 heavy (non-hydrogen) atoms. The van der Waals surface area contributed by atoms with Gasteiger partial charge < -0.3 is 15.5 Å². The fourth-order valence-electron chi connectivity index (χ4n) is 3.15. The predicted molar refractivity (Wildman–Crippen MR) is 78.2 cm³/mol. The Kier molecular flexibility index (Phi) is 5.40. The molecule has 2 rings (SSSR count). The fourth-order valence-corrected chi connectivity index (χ4v) is 3.15. The summed E-state index contributed by atoms with van der Waals surface area (Å²) in [6, 6.07) is -0.0154. The molecule has 5 heteroatoms. The number of carbonyl (C=O) groups is 2. The summed E-state index contributed by atoms with van der Waals surface area (Å²) in [4.78, 5) is 26.4. The van der Waals surface area contributed by atoms with Crippen LogP contribution in [0.3, 0.4) is 0 Å². The number of rotatable bonds is 3. The van der Waals surface area contributed by atoms with Gasteiger partial charge in [-0.1, -0.05) is 0 Å². The molecule has 3 unspecified atom stereocenters. The zero-order chi connectivity index (χ0) is 14.5. The van der Waals surface area contributed by atoms with Crippen molar-refractivity contribution >= 4 is 11.8 Å². The van der Waals surface area contributed by atoms with Gasteiger partial charge >= 0.3 is 0 Å². The molecule has 0 saturated carbocycles. The minimum Gasteiger partial charge on any atom is -0.344 e. The lowest BCUT2D eigenvalue weighted by Gasteiger charge is -2.31. The highest BCUT2D eigenvalue weighted by atomic mass is 16.2. The van der Waals surface area contributed by atoms with Crippen LogP contribution in [0.5, 0.6) is 0 Å². The number of nitrogens with zero attached hydrogens (tertiary/aromatic N) is 1. The molecule has 0 spiro atoms. The normalized spacial score (nSPS) is 28.8. The summed E-state index contributed by atoms with van der Waals surface area (Å²) in [6.45, 7) is 6.46. The molecule has 0 aliphatic carbocycles. The minimum atomic E-state index is -0.397. The van der Waals surface area contributed by atoms with E-state index in [-0.39, 0.29) is 17.7 Å². The maximum absolute atomic E-state index is 12.3. The van der Waals surface area contributed by atoms with Gasteiger partial charge in [0.2, 0.25) is 11.8 Å². The van der Waals surface area contributed by atoms with Crippen molar-refractivity contribution in [3.63, 3.8) is 0 Å². The van der Waals surface area contributed by atoms with Gasteiger partial charge in [-0.3, -0.25) is 9.59 Å². The van der Waals surface area contributed by atoms with Crippen LogP contribution in [0.4, 0.5) is 0 Å². The van der Waals surface area contributed by atoms with Gasteiger partial charge in [-0.05, 0) is 52.5 Å². The standard InChI is InChI=1S/C15H27N3O2/c1-11-10-13(6-7-16-11)14(19)17-12(2)15(20)18-8-4-3-5-9-18/h11-13,16H,3-10H2,1-2H3,(H,17,19). The highest BCUT2D eigenvalue weighted by molar-refractivity contribution is 5.88. The van der Waals surface area contributed by atoms with Crippen LogP contribution in [0.25, 0.3) is 0 Å². The third kappa shape index (κ3) is 3.95. The van der Waals surface area contributed by atoms with Crippen LogP contribution >= 0.6 is 0 Å². The Hall–Kier alpha value is -1.10. The number of carbonyl (C=O) groups excluding carboxylic acids is 2. The largest absolute Gasteiger partial charge is 0.344 e. The lowest BCUT2D eigenvalue weighted by atomic mass is 9.92. The second-order valence-electron chi connectivity index (χ2n) is 6.19. The second-order valence-corrected chi connectivity index (χ2v) is 6.19. The smallest absolute Gasteiger partial charge is 0.244 e. The molecule has 114 valence electrons. The molecule has 0 aromatic rings. The zero-order valence-electron chi connectivity index (χ0n) is 12.7. The summed E-state index contributed by atoms with van der Waals surface area (Å²) in [5.74, 6) is 0.152. The lowest BCUT2D eigenvalue weighted by molar-refractivity contribution is -0.138. The Labute approximate surface area is 121 Å². The molecule has 5 nitrogen and oxygen atoms in total. The number of piperidine rings is 2. The maximum Gasteiger partial charge on any atom is 0.244 e. The molecule has 0 aromatic carbocycles. The quantitative estimate of drug-likeness (QED) is 0.808. The number of hydrogen-bond donors (Lipinski definition) is 2. The maximum atomic E-state index is 12.3. The third-order valence-corrected chi connectivity index (χ3v) is 4.39. The fraction of sp³-hybridized carbons (Fsp3) is 0.867. The van der Waals surface area contributed by atoms with Crippen molar-refractivity contribution in [1.29, 1.82) is 0 Å². The van der Waals surface area contributed by atoms with E-state index in [1.165, 1.54) is 6.42 Å². The van der Waals surface area contributed by atoms with E-state index in [1.54, 1.807) is 6.92 Å². The molecular weight excluding hydrogens is 254 g/mol. The van der Waals surface area contributed by atoms with E-state index in [0.29, 0.717) is 6.04 Å². The molecule has 0 radical (unpaired) electrons. The highest BCUT2D eigenvalue weighted by Gasteiger charge is 2.28. The van der Waals surface area contributed by atoms with Crippen molar-refractivity contribution in [2.45, 2.75) is 58.0 Å². The highest BCUT2D eigenvalue weighted by Crippen LogP contribution is 2.16. The summed E-state index contributed by atoms with van der Waals surface area (Å²) >= 11 is 0. The monoisotopic (exact) mass is 281 g/mol. The SMILES string of the molecule is CC1CC(C(=O)NC(C)C(=O)N2CCCCC2)CCN1. The Morgan fingerprint density at radius 3 is 2.60 bits per heavy atom. The van der Waals surface area contributed by atoms with E-state index in [4.69, 9.17) is 0 Å². The lowest BCUT2D eigenvalue weighted by Crippen LogP contribution is -2.51. The summed E-state index contributed by atoms with van der Waals surface area (Å²) in [5.41, 5.74) is 0. The van der Waals surface area contributed by atoms with Crippen molar-refractivity contribution < 1.29 is 9.59 Å². The van der Waals surface area contributed by atoms with Crippen LogP contribution in [0, 0.1) is 5.92 Å². The molecule has 2 aliphatic rings. The van der Waals surface area contributed by atoms with Gasteiger partial charge in [-0.25, -0.2) is 0 Å². The van der Waals surface area contributed by atoms with Gasteiger partial charge in [0.25, 0.3) is 0 Å². The molecule has 2 N–H and O–H groups in total. The number of amides is 2. The molecule has 2 fully saturated rings. The summed E-state index contributed by atoms with van der Waals surface area (Å²) < 4.78 is 0. The van der Waals surface area contributed by atoms with Gasteiger partial charge in [0, 0.05) is 25.0 Å². The molecule has 3 atom stereocenters.